The molecule has 0 spiro atoms. The van der Waals surface area contributed by atoms with E-state index in [0.717, 1.165) is 23.6 Å². The lowest BCUT2D eigenvalue weighted by Crippen LogP contribution is -2.15. The van der Waals surface area contributed by atoms with Crippen LogP contribution in [-0.2, 0) is 6.42 Å². The van der Waals surface area contributed by atoms with Crippen molar-refractivity contribution in [1.82, 2.24) is 0 Å². The zero-order chi connectivity index (χ0) is 23.9. The fraction of sp³-hybridized carbons (Fsp3) is 0.387. The molecule has 1 aliphatic carbocycles. The Morgan fingerprint density at radius 3 is 2.29 bits per heavy atom. The first kappa shape index (κ1) is 24.0. The van der Waals surface area contributed by atoms with Crippen molar-refractivity contribution in [3.05, 3.63) is 82.4 Å². The van der Waals surface area contributed by atoms with Gasteiger partial charge in [0.15, 0.2) is 0 Å². The van der Waals surface area contributed by atoms with Crippen LogP contribution < -0.4 is 0 Å². The maximum absolute atomic E-state index is 15.1. The average molecular weight is 456 g/mol. The van der Waals surface area contributed by atoms with E-state index in [1.165, 1.54) is 69.1 Å². The molecule has 3 aromatic carbocycles. The molecule has 0 aliphatic heterocycles. The molecule has 3 aromatic rings. The van der Waals surface area contributed by atoms with Crippen molar-refractivity contribution >= 4 is 10.8 Å². The van der Waals surface area contributed by atoms with Crippen LogP contribution in [0, 0.1) is 46.6 Å². The lowest BCUT2D eigenvalue weighted by Gasteiger charge is -2.28. The van der Waals surface area contributed by atoms with Crippen molar-refractivity contribution in [3.63, 3.8) is 0 Å². The molecule has 4 rings (SSSR count). The van der Waals surface area contributed by atoms with E-state index in [1.54, 1.807) is 18.2 Å². The van der Waals surface area contributed by atoms with Gasteiger partial charge in [-0.25, -0.2) is 8.78 Å². The highest BCUT2D eigenvalue weighted by atomic mass is 19.1. The lowest BCUT2D eigenvalue weighted by molar-refractivity contribution is 0.250. The second-order valence-corrected chi connectivity index (χ2v) is 9.61. The minimum Gasteiger partial charge on any atom is -0.206 e. The summed E-state index contributed by atoms with van der Waals surface area (Å²) in [7, 11) is 0. The van der Waals surface area contributed by atoms with Crippen molar-refractivity contribution < 1.29 is 8.78 Å². The Bertz CT molecular complexity index is 1250. The highest BCUT2D eigenvalue weighted by molar-refractivity contribution is 5.85. The van der Waals surface area contributed by atoms with Gasteiger partial charge in [0.2, 0.25) is 0 Å². The smallest absolute Gasteiger partial charge is 0.146 e. The molecular weight excluding hydrogens is 424 g/mol. The lowest BCUT2D eigenvalue weighted by atomic mass is 9.78. The van der Waals surface area contributed by atoms with E-state index in [4.69, 9.17) is 5.26 Å². The number of fused-ring (bicyclic) bond motifs is 1. The summed E-state index contributed by atoms with van der Waals surface area (Å²) in [5.41, 5.74) is 1.92. The van der Waals surface area contributed by atoms with E-state index in [-0.39, 0.29) is 16.9 Å². The monoisotopic (exact) mass is 455 g/mol. The topological polar surface area (TPSA) is 23.8 Å². The molecule has 3 heteroatoms. The quantitative estimate of drug-likeness (QED) is 0.343. The number of nitriles is 1. The van der Waals surface area contributed by atoms with Gasteiger partial charge in [-0.05, 0) is 59.9 Å². The van der Waals surface area contributed by atoms with Crippen molar-refractivity contribution in [2.75, 3.05) is 0 Å². The molecule has 0 aromatic heterocycles. The van der Waals surface area contributed by atoms with Gasteiger partial charge in [0.25, 0.3) is 0 Å². The third kappa shape index (κ3) is 5.84. The maximum atomic E-state index is 15.1. The number of hydrogen-bond acceptors (Lipinski definition) is 1. The summed E-state index contributed by atoms with van der Waals surface area (Å²) < 4.78 is 28.9. The summed E-state index contributed by atoms with van der Waals surface area (Å²) in [4.78, 5) is 0. The normalized spacial score (nSPS) is 17.7. The van der Waals surface area contributed by atoms with E-state index in [2.05, 4.69) is 24.8 Å². The minimum atomic E-state index is -0.620. The van der Waals surface area contributed by atoms with Gasteiger partial charge in [-0.15, -0.1) is 0 Å². The molecule has 1 nitrogen and oxygen atoms in total. The molecule has 0 amide bonds. The van der Waals surface area contributed by atoms with E-state index >= 15 is 4.39 Å². The van der Waals surface area contributed by atoms with Crippen LogP contribution in [0.3, 0.4) is 0 Å². The third-order valence-corrected chi connectivity index (χ3v) is 7.22. The third-order valence-electron chi connectivity index (χ3n) is 7.22. The molecule has 0 N–H and O–H groups in total. The Kier molecular flexibility index (Phi) is 7.97. The van der Waals surface area contributed by atoms with Gasteiger partial charge >= 0.3 is 0 Å². The molecule has 0 heterocycles. The van der Waals surface area contributed by atoms with Gasteiger partial charge in [0, 0.05) is 10.9 Å². The summed E-state index contributed by atoms with van der Waals surface area (Å²) in [6, 6.07) is 15.5. The highest BCUT2D eigenvalue weighted by Crippen LogP contribution is 2.34. The molecule has 34 heavy (non-hydrogen) atoms. The first-order valence-corrected chi connectivity index (χ1v) is 12.5. The average Bonchev–Trinajstić information content (AvgIpc) is 2.86. The van der Waals surface area contributed by atoms with Crippen LogP contribution in [0.1, 0.15) is 80.5 Å². The van der Waals surface area contributed by atoms with Crippen LogP contribution in [-0.4, -0.2) is 0 Å². The number of unbranched alkanes of at least 4 members (excludes halogenated alkanes) is 1. The minimum absolute atomic E-state index is 0.0297. The largest absolute Gasteiger partial charge is 0.206 e. The molecule has 0 bridgehead atoms. The zero-order valence-corrected chi connectivity index (χ0v) is 19.8. The molecule has 1 aliphatic rings. The summed E-state index contributed by atoms with van der Waals surface area (Å²) >= 11 is 0. The van der Waals surface area contributed by atoms with Crippen LogP contribution in [0.25, 0.3) is 10.8 Å². The molecule has 1 fully saturated rings. The number of nitrogens with zero attached hydrogens (tertiary/aromatic N) is 1. The van der Waals surface area contributed by atoms with Crippen molar-refractivity contribution in [2.24, 2.45) is 11.8 Å². The molecule has 1 saturated carbocycles. The summed E-state index contributed by atoms with van der Waals surface area (Å²) in [5.74, 6) is 6.39. The first-order valence-electron chi connectivity index (χ1n) is 12.5. The number of halogens is 2. The second-order valence-electron chi connectivity index (χ2n) is 9.61. The van der Waals surface area contributed by atoms with E-state index in [1.807, 2.05) is 18.2 Å². The Morgan fingerprint density at radius 1 is 0.853 bits per heavy atom. The number of aryl methyl sites for hydroxylation is 1. The van der Waals surface area contributed by atoms with Crippen molar-refractivity contribution in [1.29, 1.82) is 5.26 Å². The maximum Gasteiger partial charge on any atom is 0.146 e. The van der Waals surface area contributed by atoms with E-state index in [0.29, 0.717) is 10.9 Å². The fourth-order valence-corrected chi connectivity index (χ4v) is 5.09. The van der Waals surface area contributed by atoms with E-state index < -0.39 is 5.82 Å². The first-order chi connectivity index (χ1) is 16.6. The summed E-state index contributed by atoms with van der Waals surface area (Å²) in [5, 5.41) is 10.3. The summed E-state index contributed by atoms with van der Waals surface area (Å²) in [6.45, 7) is 2.27. The Hall–Kier alpha value is -3.17. The Balaban J connectivity index is 1.40. The van der Waals surface area contributed by atoms with Crippen LogP contribution in [0.2, 0.25) is 0 Å². The van der Waals surface area contributed by atoms with Gasteiger partial charge < -0.3 is 0 Å². The molecular formula is C31H31F2N. The predicted octanol–water partition coefficient (Wildman–Crippen LogP) is 8.32. The SMILES string of the molecule is CCCCC1CCC(CCc2ccc3c(F)c(C#Cc4ccc(C#N)c(F)c4)ccc3c2)CC1. The summed E-state index contributed by atoms with van der Waals surface area (Å²) in [6.07, 6.45) is 11.8. The van der Waals surface area contributed by atoms with Gasteiger partial charge in [0.1, 0.15) is 17.7 Å². The number of rotatable bonds is 6. The Morgan fingerprint density at radius 2 is 1.59 bits per heavy atom. The molecule has 0 unspecified atom stereocenters. The molecule has 0 radical (unpaired) electrons. The standard InChI is InChI=1S/C31H31F2N/c1-2-3-4-22-5-7-23(8-6-22)9-10-24-13-18-29-27(19-24)17-16-26(31(29)33)14-11-25-12-15-28(21-34)30(32)20-25/h12-13,15-20,22-23H,2-10H2,1H3. The van der Waals surface area contributed by atoms with Crippen LogP contribution in [0.15, 0.2) is 48.5 Å². The second kappa shape index (κ2) is 11.3. The molecule has 0 atom stereocenters. The van der Waals surface area contributed by atoms with Gasteiger partial charge in [-0.2, -0.15) is 5.26 Å². The molecule has 174 valence electrons. The van der Waals surface area contributed by atoms with Crippen LogP contribution in [0.5, 0.6) is 0 Å². The van der Waals surface area contributed by atoms with Gasteiger partial charge in [-0.3, -0.25) is 0 Å². The van der Waals surface area contributed by atoms with Crippen LogP contribution >= 0.6 is 0 Å². The van der Waals surface area contributed by atoms with Crippen molar-refractivity contribution in [2.45, 2.75) is 64.7 Å². The van der Waals surface area contributed by atoms with Gasteiger partial charge in [-0.1, -0.05) is 88.0 Å². The van der Waals surface area contributed by atoms with Crippen LogP contribution in [0.4, 0.5) is 8.78 Å². The predicted molar refractivity (Wildman–Crippen MR) is 134 cm³/mol. The molecule has 0 saturated heterocycles. The number of benzene rings is 3. The van der Waals surface area contributed by atoms with Crippen molar-refractivity contribution in [3.8, 4) is 17.9 Å². The van der Waals surface area contributed by atoms with E-state index in [9.17, 15) is 4.39 Å². The number of hydrogen-bond donors (Lipinski definition) is 0. The Labute approximate surface area is 201 Å². The van der Waals surface area contributed by atoms with Gasteiger partial charge in [0.05, 0.1) is 11.1 Å². The fourth-order valence-electron chi connectivity index (χ4n) is 5.09. The zero-order valence-electron chi connectivity index (χ0n) is 19.8. The highest BCUT2D eigenvalue weighted by Gasteiger charge is 2.20.